The lowest BCUT2D eigenvalue weighted by Gasteiger charge is -2.34. The Kier molecular flexibility index (Phi) is 6.38. The smallest absolute Gasteiger partial charge is 0.240 e. The first-order valence-corrected chi connectivity index (χ1v) is 11.4. The molecule has 0 spiro atoms. The zero-order valence-electron chi connectivity index (χ0n) is 16.3. The van der Waals surface area contributed by atoms with E-state index in [1.165, 1.54) is 45.0 Å². The van der Waals surface area contributed by atoms with E-state index < -0.39 is 10.0 Å². The molecule has 26 heavy (non-hydrogen) atoms. The van der Waals surface area contributed by atoms with Gasteiger partial charge in [-0.3, -0.25) is 9.80 Å². The zero-order valence-corrected chi connectivity index (χ0v) is 17.1. The molecule has 3 rings (SSSR count). The first kappa shape index (κ1) is 19.8. The molecule has 0 bridgehead atoms. The molecule has 1 saturated heterocycles. The van der Waals surface area contributed by atoms with Crippen LogP contribution in [0.15, 0.2) is 29.2 Å². The second-order valence-corrected chi connectivity index (χ2v) is 10.1. The van der Waals surface area contributed by atoms with E-state index in [0.29, 0.717) is 16.9 Å². The number of rotatable bonds is 7. The molecular weight excluding hydrogens is 346 g/mol. The molecule has 1 unspecified atom stereocenters. The molecule has 1 N–H and O–H groups in total. The van der Waals surface area contributed by atoms with E-state index in [2.05, 4.69) is 28.4 Å². The highest BCUT2D eigenvalue weighted by Gasteiger charge is 2.32. The minimum atomic E-state index is -3.36. The molecule has 0 aromatic heterocycles. The van der Waals surface area contributed by atoms with Crippen molar-refractivity contribution in [3.63, 3.8) is 0 Å². The van der Waals surface area contributed by atoms with E-state index in [1.54, 1.807) is 12.1 Å². The topological polar surface area (TPSA) is 52.7 Å². The Balaban J connectivity index is 1.65. The molecule has 1 aromatic carbocycles. The molecule has 1 aromatic rings. The van der Waals surface area contributed by atoms with Gasteiger partial charge in [-0.1, -0.05) is 26.0 Å². The highest BCUT2D eigenvalue weighted by molar-refractivity contribution is 7.89. The van der Waals surface area contributed by atoms with E-state index in [9.17, 15) is 8.42 Å². The summed E-state index contributed by atoms with van der Waals surface area (Å²) in [6.45, 7) is 10.3. The molecule has 0 radical (unpaired) electrons. The normalized spacial score (nSPS) is 23.3. The third-order valence-corrected chi connectivity index (χ3v) is 7.13. The van der Waals surface area contributed by atoms with Gasteiger partial charge in [0.1, 0.15) is 0 Å². The minimum Gasteiger partial charge on any atom is -0.299 e. The SMILES string of the molecule is CNS(=O)(=O)c1ccc(CN2CCCN(CC3CC3)C(C(C)C)C2)cc1. The molecule has 1 saturated carbocycles. The predicted molar refractivity (Wildman–Crippen MR) is 106 cm³/mol. The average Bonchev–Trinajstić information content (AvgIpc) is 3.44. The van der Waals surface area contributed by atoms with Crippen molar-refractivity contribution in [1.82, 2.24) is 14.5 Å². The largest absolute Gasteiger partial charge is 0.299 e. The molecule has 1 atom stereocenters. The minimum absolute atomic E-state index is 0.329. The molecule has 1 aliphatic heterocycles. The Morgan fingerprint density at radius 3 is 2.42 bits per heavy atom. The zero-order chi connectivity index (χ0) is 18.7. The molecule has 5 nitrogen and oxygen atoms in total. The van der Waals surface area contributed by atoms with Gasteiger partial charge in [-0.05, 0) is 68.9 Å². The fraction of sp³-hybridized carbons (Fsp3) is 0.700. The Morgan fingerprint density at radius 2 is 1.85 bits per heavy atom. The van der Waals surface area contributed by atoms with Gasteiger partial charge in [-0.15, -0.1) is 0 Å². The molecule has 146 valence electrons. The average molecular weight is 380 g/mol. The fourth-order valence-electron chi connectivity index (χ4n) is 3.92. The van der Waals surface area contributed by atoms with Gasteiger partial charge in [-0.2, -0.15) is 0 Å². The van der Waals surface area contributed by atoms with Gasteiger partial charge in [0.2, 0.25) is 10.0 Å². The van der Waals surface area contributed by atoms with Crippen molar-refractivity contribution in [2.24, 2.45) is 11.8 Å². The van der Waals surface area contributed by atoms with Crippen LogP contribution in [0, 0.1) is 11.8 Å². The summed E-state index contributed by atoms with van der Waals surface area (Å²) in [7, 11) is -1.91. The summed E-state index contributed by atoms with van der Waals surface area (Å²) in [4.78, 5) is 5.60. The van der Waals surface area contributed by atoms with Crippen LogP contribution in [-0.2, 0) is 16.6 Å². The molecule has 2 aliphatic rings. The number of sulfonamides is 1. The van der Waals surface area contributed by atoms with Crippen LogP contribution in [0.4, 0.5) is 0 Å². The Bertz CT molecular complexity index is 684. The predicted octanol–water partition coefficient (Wildman–Crippen LogP) is 2.54. The number of nitrogens with one attached hydrogen (secondary N) is 1. The van der Waals surface area contributed by atoms with E-state index in [0.717, 1.165) is 25.6 Å². The molecule has 0 amide bonds. The number of hydrogen-bond acceptors (Lipinski definition) is 4. The highest BCUT2D eigenvalue weighted by Crippen LogP contribution is 2.32. The van der Waals surface area contributed by atoms with Crippen LogP contribution in [0.3, 0.4) is 0 Å². The molecule has 2 fully saturated rings. The van der Waals surface area contributed by atoms with E-state index >= 15 is 0 Å². The van der Waals surface area contributed by atoms with Gasteiger partial charge >= 0.3 is 0 Å². The van der Waals surface area contributed by atoms with Gasteiger partial charge in [-0.25, -0.2) is 13.1 Å². The quantitative estimate of drug-likeness (QED) is 0.791. The van der Waals surface area contributed by atoms with Crippen LogP contribution < -0.4 is 4.72 Å². The second kappa shape index (κ2) is 8.38. The Morgan fingerprint density at radius 1 is 1.15 bits per heavy atom. The fourth-order valence-corrected chi connectivity index (χ4v) is 4.65. The third-order valence-electron chi connectivity index (χ3n) is 5.70. The summed E-state index contributed by atoms with van der Waals surface area (Å²) in [5, 5.41) is 0. The monoisotopic (exact) mass is 379 g/mol. The highest BCUT2D eigenvalue weighted by atomic mass is 32.2. The first-order valence-electron chi connectivity index (χ1n) is 9.88. The second-order valence-electron chi connectivity index (χ2n) is 8.19. The maximum absolute atomic E-state index is 11.9. The maximum Gasteiger partial charge on any atom is 0.240 e. The van der Waals surface area contributed by atoms with Crippen LogP contribution in [0.25, 0.3) is 0 Å². The van der Waals surface area contributed by atoms with Crippen molar-refractivity contribution in [1.29, 1.82) is 0 Å². The summed E-state index contributed by atoms with van der Waals surface area (Å²) in [5.74, 6) is 1.59. The lowest BCUT2D eigenvalue weighted by Crippen LogP contribution is -2.45. The Labute approximate surface area is 158 Å². The third kappa shape index (κ3) is 5.06. The van der Waals surface area contributed by atoms with Crippen molar-refractivity contribution >= 4 is 10.0 Å². The summed E-state index contributed by atoms with van der Waals surface area (Å²) >= 11 is 0. The molecular formula is C20H33N3O2S. The number of nitrogens with zero attached hydrogens (tertiary/aromatic N) is 2. The van der Waals surface area contributed by atoms with Crippen LogP contribution in [0.1, 0.15) is 38.7 Å². The van der Waals surface area contributed by atoms with Crippen LogP contribution in [0.2, 0.25) is 0 Å². The number of hydrogen-bond donors (Lipinski definition) is 1. The van der Waals surface area contributed by atoms with E-state index in [4.69, 9.17) is 0 Å². The van der Waals surface area contributed by atoms with Crippen LogP contribution in [-0.4, -0.2) is 57.5 Å². The Hall–Kier alpha value is -0.950. The van der Waals surface area contributed by atoms with Gasteiger partial charge in [0.15, 0.2) is 0 Å². The summed E-state index contributed by atoms with van der Waals surface area (Å²) in [6.07, 6.45) is 4.03. The van der Waals surface area contributed by atoms with Gasteiger partial charge in [0.25, 0.3) is 0 Å². The first-order chi connectivity index (χ1) is 12.4. The van der Waals surface area contributed by atoms with Gasteiger partial charge in [0, 0.05) is 25.7 Å². The van der Waals surface area contributed by atoms with Crippen LogP contribution >= 0.6 is 0 Å². The lowest BCUT2D eigenvalue weighted by molar-refractivity contribution is 0.132. The van der Waals surface area contributed by atoms with Crippen molar-refractivity contribution in [2.75, 3.05) is 33.2 Å². The summed E-state index contributed by atoms with van der Waals surface area (Å²) in [5.41, 5.74) is 1.18. The van der Waals surface area contributed by atoms with Crippen molar-refractivity contribution < 1.29 is 8.42 Å². The van der Waals surface area contributed by atoms with Crippen molar-refractivity contribution in [2.45, 2.75) is 50.6 Å². The number of benzene rings is 1. The standard InChI is InChI=1S/C20H33N3O2S/c1-16(2)20-15-22(11-4-12-23(20)14-18-5-6-18)13-17-7-9-19(10-8-17)26(24,25)21-3/h7-10,16,18,20-21H,4-6,11-15H2,1-3H3. The molecule has 1 heterocycles. The van der Waals surface area contributed by atoms with Crippen LogP contribution in [0.5, 0.6) is 0 Å². The van der Waals surface area contributed by atoms with Gasteiger partial charge in [0.05, 0.1) is 4.90 Å². The van der Waals surface area contributed by atoms with Gasteiger partial charge < -0.3 is 0 Å². The van der Waals surface area contributed by atoms with E-state index in [-0.39, 0.29) is 0 Å². The summed E-state index contributed by atoms with van der Waals surface area (Å²) in [6, 6.07) is 7.92. The summed E-state index contributed by atoms with van der Waals surface area (Å²) < 4.78 is 26.1. The maximum atomic E-state index is 11.9. The lowest BCUT2D eigenvalue weighted by atomic mass is 10.0. The molecule has 6 heteroatoms. The molecule has 1 aliphatic carbocycles. The van der Waals surface area contributed by atoms with E-state index in [1.807, 2.05) is 12.1 Å². The van der Waals surface area contributed by atoms with Crippen molar-refractivity contribution in [3.05, 3.63) is 29.8 Å². The van der Waals surface area contributed by atoms with Crippen molar-refractivity contribution in [3.8, 4) is 0 Å².